The minimum Gasteiger partial charge on any atom is -0.380 e. The first-order chi connectivity index (χ1) is 7.63. The van der Waals surface area contributed by atoms with E-state index in [1.807, 2.05) is 0 Å². The van der Waals surface area contributed by atoms with Crippen molar-refractivity contribution < 1.29 is 0 Å². The van der Waals surface area contributed by atoms with Crippen LogP contribution in [0.25, 0.3) is 0 Å². The van der Waals surface area contributed by atoms with Crippen molar-refractivity contribution in [3.8, 4) is 0 Å². The normalized spacial score (nSPS) is 12.6. The predicted molar refractivity (Wildman–Crippen MR) is 80.3 cm³/mol. The summed E-state index contributed by atoms with van der Waals surface area (Å²) in [4.78, 5) is 1.33. The molecule has 96 valence electrons. The average molecular weight is 251 g/mol. The number of hydrogen-bond acceptors (Lipinski definition) is 2. The van der Waals surface area contributed by atoms with Gasteiger partial charge in [-0.05, 0) is 50.1 Å². The highest BCUT2D eigenvalue weighted by Crippen LogP contribution is 2.32. The Morgan fingerprint density at radius 3 is 2.00 bits per heavy atom. The van der Waals surface area contributed by atoms with Gasteiger partial charge in [-0.15, -0.1) is 11.8 Å². The summed E-state index contributed by atoms with van der Waals surface area (Å²) in [6, 6.07) is 6.74. The lowest BCUT2D eigenvalue weighted by atomic mass is 9.87. The first-order valence-corrected chi connectivity index (χ1v) is 7.33. The molecule has 0 aliphatic carbocycles. The Morgan fingerprint density at radius 2 is 1.59 bits per heavy atom. The van der Waals surface area contributed by atoms with Crippen molar-refractivity contribution in [3.05, 3.63) is 23.8 Å². The van der Waals surface area contributed by atoms with Gasteiger partial charge in [0.05, 0.1) is 0 Å². The molecule has 0 aromatic heterocycles. The van der Waals surface area contributed by atoms with E-state index >= 15 is 0 Å². The number of anilines is 1. The molecule has 1 aromatic rings. The summed E-state index contributed by atoms with van der Waals surface area (Å²) in [6.07, 6.45) is 2.13. The Bertz CT molecular complexity index is 383. The van der Waals surface area contributed by atoms with E-state index in [0.29, 0.717) is 0 Å². The number of nitrogens with one attached hydrogen (secondary N) is 1. The van der Waals surface area contributed by atoms with Crippen LogP contribution in [0.2, 0.25) is 0 Å². The molecule has 0 amide bonds. The van der Waals surface area contributed by atoms with Crippen molar-refractivity contribution in [2.24, 2.45) is 0 Å². The van der Waals surface area contributed by atoms with Crippen molar-refractivity contribution in [2.75, 3.05) is 11.6 Å². The van der Waals surface area contributed by atoms with E-state index in [1.54, 1.807) is 11.8 Å². The molecule has 0 spiro atoms. The molecule has 17 heavy (non-hydrogen) atoms. The van der Waals surface area contributed by atoms with Crippen LogP contribution in [0.3, 0.4) is 0 Å². The molecule has 0 unspecified atom stereocenters. The number of thioether (sulfide) groups is 1. The van der Waals surface area contributed by atoms with Gasteiger partial charge in [0.1, 0.15) is 0 Å². The molecule has 0 saturated carbocycles. The van der Waals surface area contributed by atoms with Crippen molar-refractivity contribution in [1.82, 2.24) is 0 Å². The molecule has 2 heteroatoms. The minimum atomic E-state index is 0.105. The van der Waals surface area contributed by atoms with Gasteiger partial charge in [0.2, 0.25) is 0 Å². The maximum Gasteiger partial charge on any atom is 0.0482 e. The molecule has 1 N–H and O–H groups in total. The Hall–Kier alpha value is -0.630. The van der Waals surface area contributed by atoms with Crippen LogP contribution in [0.5, 0.6) is 0 Å². The fourth-order valence-corrected chi connectivity index (χ4v) is 2.25. The Labute approximate surface area is 110 Å². The molecule has 1 nitrogen and oxygen atoms in total. The van der Waals surface area contributed by atoms with Crippen LogP contribution in [0, 0.1) is 0 Å². The zero-order valence-electron chi connectivity index (χ0n) is 12.1. The van der Waals surface area contributed by atoms with E-state index in [2.05, 4.69) is 71.3 Å². The topological polar surface area (TPSA) is 12.0 Å². The highest BCUT2D eigenvalue weighted by Gasteiger charge is 2.17. The van der Waals surface area contributed by atoms with Gasteiger partial charge < -0.3 is 5.32 Å². The van der Waals surface area contributed by atoms with E-state index in [9.17, 15) is 0 Å². The lowest BCUT2D eigenvalue weighted by Gasteiger charge is -2.26. The van der Waals surface area contributed by atoms with Gasteiger partial charge in [-0.25, -0.2) is 0 Å². The van der Waals surface area contributed by atoms with Crippen molar-refractivity contribution in [2.45, 2.75) is 57.4 Å². The molecule has 0 atom stereocenters. The molecule has 1 rings (SSSR count). The molecule has 0 aliphatic heterocycles. The van der Waals surface area contributed by atoms with E-state index in [-0.39, 0.29) is 11.0 Å². The van der Waals surface area contributed by atoms with Gasteiger partial charge in [0, 0.05) is 16.1 Å². The molecule has 0 bridgehead atoms. The smallest absolute Gasteiger partial charge is 0.0482 e. The Kier molecular flexibility index (Phi) is 4.19. The third-order valence-corrected chi connectivity index (χ3v) is 3.35. The molecule has 0 fully saturated rings. The molecule has 0 aliphatic rings. The summed E-state index contributed by atoms with van der Waals surface area (Å²) in [5, 5.41) is 3.56. The second-order valence-corrected chi connectivity index (χ2v) is 7.39. The SMILES string of the molecule is CSc1cc(C(C)(C)C)ccc1NC(C)(C)C. The van der Waals surface area contributed by atoms with Gasteiger partial charge in [0.25, 0.3) is 0 Å². The maximum absolute atomic E-state index is 3.56. The molecule has 0 heterocycles. The summed E-state index contributed by atoms with van der Waals surface area (Å²) < 4.78 is 0. The third kappa shape index (κ3) is 4.27. The van der Waals surface area contributed by atoms with Crippen molar-refractivity contribution >= 4 is 17.4 Å². The number of benzene rings is 1. The van der Waals surface area contributed by atoms with Crippen molar-refractivity contribution in [3.63, 3.8) is 0 Å². The number of hydrogen-bond donors (Lipinski definition) is 1. The van der Waals surface area contributed by atoms with E-state index < -0.39 is 0 Å². The number of rotatable bonds is 2. The lowest BCUT2D eigenvalue weighted by molar-refractivity contribution is 0.588. The van der Waals surface area contributed by atoms with E-state index in [4.69, 9.17) is 0 Å². The fraction of sp³-hybridized carbons (Fsp3) is 0.600. The van der Waals surface area contributed by atoms with Crippen LogP contribution in [0.1, 0.15) is 47.1 Å². The molecule has 1 aromatic carbocycles. The van der Waals surface area contributed by atoms with Crippen LogP contribution in [-0.2, 0) is 5.41 Å². The summed E-state index contributed by atoms with van der Waals surface area (Å²) in [6.45, 7) is 13.3. The summed E-state index contributed by atoms with van der Waals surface area (Å²) in [5.41, 5.74) is 2.94. The van der Waals surface area contributed by atoms with Crippen LogP contribution < -0.4 is 5.32 Å². The van der Waals surface area contributed by atoms with Gasteiger partial charge in [0.15, 0.2) is 0 Å². The average Bonchev–Trinajstić information content (AvgIpc) is 2.14. The Morgan fingerprint density at radius 1 is 1.00 bits per heavy atom. The standard InChI is InChI=1S/C15H25NS/c1-14(2,3)11-8-9-12(13(10-11)17-7)16-15(4,5)6/h8-10,16H,1-7H3. The van der Waals surface area contributed by atoms with Crippen LogP contribution in [0.4, 0.5) is 5.69 Å². The molecule has 0 saturated heterocycles. The van der Waals surface area contributed by atoms with E-state index in [1.165, 1.54) is 16.1 Å². The monoisotopic (exact) mass is 251 g/mol. The fourth-order valence-electron chi connectivity index (χ4n) is 1.67. The molecular weight excluding hydrogens is 226 g/mol. The van der Waals surface area contributed by atoms with Gasteiger partial charge >= 0.3 is 0 Å². The largest absolute Gasteiger partial charge is 0.380 e. The summed E-state index contributed by atoms with van der Waals surface area (Å²) in [7, 11) is 0. The lowest BCUT2D eigenvalue weighted by Crippen LogP contribution is -2.26. The first-order valence-electron chi connectivity index (χ1n) is 6.10. The van der Waals surface area contributed by atoms with Crippen LogP contribution in [0.15, 0.2) is 23.1 Å². The van der Waals surface area contributed by atoms with Gasteiger partial charge in [-0.2, -0.15) is 0 Å². The molecule has 0 radical (unpaired) electrons. The third-order valence-electron chi connectivity index (χ3n) is 2.58. The Balaban J connectivity index is 3.10. The second kappa shape index (κ2) is 4.93. The van der Waals surface area contributed by atoms with Crippen LogP contribution >= 0.6 is 11.8 Å². The zero-order chi connectivity index (χ0) is 13.3. The summed E-state index contributed by atoms with van der Waals surface area (Å²) in [5.74, 6) is 0. The van der Waals surface area contributed by atoms with Crippen molar-refractivity contribution in [1.29, 1.82) is 0 Å². The molecular formula is C15H25NS. The van der Waals surface area contributed by atoms with E-state index in [0.717, 1.165) is 0 Å². The highest BCUT2D eigenvalue weighted by atomic mass is 32.2. The van der Waals surface area contributed by atoms with Crippen LogP contribution in [-0.4, -0.2) is 11.8 Å². The predicted octanol–water partition coefficient (Wildman–Crippen LogP) is 4.92. The maximum atomic E-state index is 3.56. The zero-order valence-corrected chi connectivity index (χ0v) is 13.0. The first kappa shape index (κ1) is 14.4. The second-order valence-electron chi connectivity index (χ2n) is 6.54. The highest BCUT2D eigenvalue weighted by molar-refractivity contribution is 7.98. The minimum absolute atomic E-state index is 0.105. The quantitative estimate of drug-likeness (QED) is 0.749. The summed E-state index contributed by atoms with van der Waals surface area (Å²) >= 11 is 1.80. The van der Waals surface area contributed by atoms with Gasteiger partial charge in [-0.1, -0.05) is 26.8 Å². The van der Waals surface area contributed by atoms with Gasteiger partial charge in [-0.3, -0.25) is 0 Å².